The Balaban J connectivity index is 3.04. The van der Waals surface area contributed by atoms with Gasteiger partial charge in [-0.05, 0) is 39.0 Å². The van der Waals surface area contributed by atoms with Crippen molar-refractivity contribution in [3.05, 3.63) is 34.7 Å². The Morgan fingerprint density at radius 3 is 2.18 bits per heavy atom. The van der Waals surface area contributed by atoms with Gasteiger partial charge in [-0.1, -0.05) is 0 Å². The van der Waals surface area contributed by atoms with Crippen LogP contribution in [-0.4, -0.2) is 18.0 Å². The first kappa shape index (κ1) is 13.0. The maximum Gasteiger partial charge on any atom is 0.137 e. The maximum absolute atomic E-state index is 8.84. The highest BCUT2D eigenvalue weighted by Crippen LogP contribution is 2.24. The predicted octanol–water partition coefficient (Wildman–Crippen LogP) is 1.80. The van der Waals surface area contributed by atoms with Gasteiger partial charge in [0.05, 0.1) is 0 Å². The van der Waals surface area contributed by atoms with E-state index in [1.165, 1.54) is 0 Å². The highest BCUT2D eigenvalue weighted by Gasteiger charge is 2.14. The second-order valence-electron chi connectivity index (χ2n) is 3.92. The molecule has 0 saturated heterocycles. The number of rotatable bonds is 3. The summed E-state index contributed by atoms with van der Waals surface area (Å²) in [5.74, 6) is 0. The molecule has 0 saturated carbocycles. The summed E-state index contributed by atoms with van der Waals surface area (Å²) in [7, 11) is 0. The fourth-order valence-electron chi connectivity index (χ4n) is 1.83. The van der Waals surface area contributed by atoms with Crippen molar-refractivity contribution in [2.24, 2.45) is 5.73 Å². The zero-order chi connectivity index (χ0) is 12.8. The molecule has 0 aromatic rings. The van der Waals surface area contributed by atoms with Crippen molar-refractivity contribution in [2.75, 3.05) is 13.1 Å². The van der Waals surface area contributed by atoms with Crippen LogP contribution in [-0.2, 0) is 0 Å². The Hall–Kier alpha value is -2.04. The van der Waals surface area contributed by atoms with Gasteiger partial charge in [0.15, 0.2) is 0 Å². The van der Waals surface area contributed by atoms with Gasteiger partial charge in [0, 0.05) is 23.5 Å². The molecule has 2 N–H and O–H groups in total. The molecule has 0 amide bonds. The van der Waals surface area contributed by atoms with E-state index in [2.05, 4.69) is 4.90 Å². The Kier molecular flexibility index (Phi) is 4.51. The third-order valence-electron chi connectivity index (χ3n) is 2.68. The lowest BCUT2D eigenvalue weighted by molar-refractivity contribution is 0.417. The molecule has 4 nitrogen and oxygen atoms in total. The topological polar surface area (TPSA) is 76.8 Å². The van der Waals surface area contributed by atoms with E-state index in [9.17, 15) is 0 Å². The molecule has 0 atom stereocenters. The molecule has 0 aromatic heterocycles. The maximum atomic E-state index is 8.84. The molecule has 0 aliphatic carbocycles. The summed E-state index contributed by atoms with van der Waals surface area (Å²) in [6.45, 7) is 5.46. The Morgan fingerprint density at radius 2 is 1.76 bits per heavy atom. The minimum absolute atomic E-state index is 0.155. The van der Waals surface area contributed by atoms with E-state index in [1.54, 1.807) is 0 Å². The first-order valence-corrected chi connectivity index (χ1v) is 5.52. The Bertz CT molecular complexity index is 431. The van der Waals surface area contributed by atoms with Crippen LogP contribution in [0.15, 0.2) is 34.7 Å². The van der Waals surface area contributed by atoms with Crippen molar-refractivity contribution >= 4 is 0 Å². The van der Waals surface area contributed by atoms with Crippen molar-refractivity contribution in [1.29, 1.82) is 10.5 Å². The van der Waals surface area contributed by atoms with E-state index < -0.39 is 0 Å². The van der Waals surface area contributed by atoms with Gasteiger partial charge in [0.25, 0.3) is 0 Å². The van der Waals surface area contributed by atoms with Crippen LogP contribution in [0.3, 0.4) is 0 Å². The third kappa shape index (κ3) is 2.96. The lowest BCUT2D eigenvalue weighted by Crippen LogP contribution is -2.25. The largest absolute Gasteiger partial charge is 0.349 e. The van der Waals surface area contributed by atoms with Crippen LogP contribution in [0, 0.1) is 22.7 Å². The van der Waals surface area contributed by atoms with Crippen LogP contribution in [0.1, 0.15) is 20.3 Å². The SMILES string of the molecule is CC1=CC(=C(C#N)C#N)C=C(C)N1CCCN. The van der Waals surface area contributed by atoms with Crippen LogP contribution < -0.4 is 5.73 Å². The van der Waals surface area contributed by atoms with Gasteiger partial charge < -0.3 is 10.6 Å². The van der Waals surface area contributed by atoms with Crippen LogP contribution in [0.5, 0.6) is 0 Å². The second kappa shape index (κ2) is 5.89. The van der Waals surface area contributed by atoms with Crippen molar-refractivity contribution < 1.29 is 0 Å². The molecule has 0 aromatic carbocycles. The predicted molar refractivity (Wildman–Crippen MR) is 66.1 cm³/mol. The van der Waals surface area contributed by atoms with Crippen LogP contribution >= 0.6 is 0 Å². The summed E-state index contributed by atoms with van der Waals surface area (Å²) in [5, 5.41) is 17.7. The van der Waals surface area contributed by atoms with Gasteiger partial charge in [0.2, 0.25) is 0 Å². The summed E-state index contributed by atoms with van der Waals surface area (Å²) in [6, 6.07) is 3.82. The summed E-state index contributed by atoms with van der Waals surface area (Å²) >= 11 is 0. The Labute approximate surface area is 102 Å². The monoisotopic (exact) mass is 228 g/mol. The number of nitrogens with two attached hydrogens (primary N) is 1. The van der Waals surface area contributed by atoms with E-state index in [1.807, 2.05) is 38.1 Å². The van der Waals surface area contributed by atoms with Crippen molar-refractivity contribution in [1.82, 2.24) is 4.90 Å². The molecule has 0 radical (unpaired) electrons. The normalized spacial score (nSPS) is 14.6. The molecule has 0 unspecified atom stereocenters. The molecule has 1 aliphatic heterocycles. The van der Waals surface area contributed by atoms with Gasteiger partial charge >= 0.3 is 0 Å². The second-order valence-corrected chi connectivity index (χ2v) is 3.92. The lowest BCUT2D eigenvalue weighted by Gasteiger charge is -2.29. The highest BCUT2D eigenvalue weighted by molar-refractivity contribution is 5.53. The van der Waals surface area contributed by atoms with Crippen LogP contribution in [0.4, 0.5) is 0 Å². The standard InChI is InChI=1S/C13H16N4/c1-10-6-12(13(8-15)9-16)7-11(2)17(10)5-3-4-14/h6-7H,3-5,14H2,1-2H3. The van der Waals surface area contributed by atoms with Crippen molar-refractivity contribution in [2.45, 2.75) is 20.3 Å². The molecule has 0 spiro atoms. The Morgan fingerprint density at radius 1 is 1.24 bits per heavy atom. The van der Waals surface area contributed by atoms with Crippen molar-refractivity contribution in [3.8, 4) is 12.1 Å². The fraction of sp³-hybridized carbons (Fsp3) is 0.385. The number of nitrogens with zero attached hydrogens (tertiary/aromatic N) is 3. The van der Waals surface area contributed by atoms with E-state index in [0.717, 1.165) is 24.4 Å². The lowest BCUT2D eigenvalue weighted by atomic mass is 10.0. The first-order chi connectivity index (χ1) is 8.13. The van der Waals surface area contributed by atoms with Gasteiger partial charge in [-0.2, -0.15) is 10.5 Å². The minimum atomic E-state index is 0.155. The zero-order valence-corrected chi connectivity index (χ0v) is 10.2. The molecule has 88 valence electrons. The molecular formula is C13H16N4. The summed E-state index contributed by atoms with van der Waals surface area (Å²) in [6.07, 6.45) is 4.65. The van der Waals surface area contributed by atoms with Gasteiger partial charge in [0.1, 0.15) is 17.7 Å². The van der Waals surface area contributed by atoms with E-state index in [0.29, 0.717) is 12.1 Å². The molecule has 0 fully saturated rings. The number of allylic oxidation sites excluding steroid dienone is 6. The van der Waals surface area contributed by atoms with Crippen LogP contribution in [0.25, 0.3) is 0 Å². The fourth-order valence-corrected chi connectivity index (χ4v) is 1.83. The molecular weight excluding hydrogens is 212 g/mol. The van der Waals surface area contributed by atoms with Gasteiger partial charge in [-0.15, -0.1) is 0 Å². The molecule has 17 heavy (non-hydrogen) atoms. The summed E-state index contributed by atoms with van der Waals surface area (Å²) in [5.41, 5.74) is 8.41. The average Bonchev–Trinajstić information content (AvgIpc) is 2.30. The number of nitriles is 2. The van der Waals surface area contributed by atoms with Crippen LogP contribution in [0.2, 0.25) is 0 Å². The molecule has 0 bridgehead atoms. The average molecular weight is 228 g/mol. The van der Waals surface area contributed by atoms with Gasteiger partial charge in [-0.25, -0.2) is 0 Å². The summed E-state index contributed by atoms with van der Waals surface area (Å²) < 4.78 is 0. The van der Waals surface area contributed by atoms with E-state index >= 15 is 0 Å². The van der Waals surface area contributed by atoms with E-state index in [4.69, 9.17) is 16.3 Å². The number of hydrogen-bond acceptors (Lipinski definition) is 4. The van der Waals surface area contributed by atoms with Crippen molar-refractivity contribution in [3.63, 3.8) is 0 Å². The zero-order valence-electron chi connectivity index (χ0n) is 10.2. The summed E-state index contributed by atoms with van der Waals surface area (Å²) in [4.78, 5) is 2.14. The quantitative estimate of drug-likeness (QED) is 0.747. The molecule has 1 aliphatic rings. The van der Waals surface area contributed by atoms with E-state index in [-0.39, 0.29) is 5.57 Å². The third-order valence-corrected chi connectivity index (χ3v) is 2.68. The highest BCUT2D eigenvalue weighted by atomic mass is 15.1. The first-order valence-electron chi connectivity index (χ1n) is 5.52. The van der Waals surface area contributed by atoms with Gasteiger partial charge in [-0.3, -0.25) is 0 Å². The molecule has 1 rings (SSSR count). The minimum Gasteiger partial charge on any atom is -0.349 e. The molecule has 4 heteroatoms. The number of hydrogen-bond donors (Lipinski definition) is 1. The molecule has 1 heterocycles. The smallest absolute Gasteiger partial charge is 0.137 e.